The number of nitrogens with zero attached hydrogens (tertiary/aromatic N) is 3. The van der Waals surface area contributed by atoms with Crippen LogP contribution in [0.15, 0.2) is 35.1 Å². The van der Waals surface area contributed by atoms with Crippen LogP contribution in [0.5, 0.6) is 5.88 Å². The summed E-state index contributed by atoms with van der Waals surface area (Å²) in [5, 5.41) is 12.7. The van der Waals surface area contributed by atoms with Crippen molar-refractivity contribution >= 4 is 11.9 Å². The average Bonchev–Trinajstić information content (AvgIpc) is 3.21. The number of amides is 1. The van der Waals surface area contributed by atoms with Crippen molar-refractivity contribution in [1.82, 2.24) is 15.3 Å². The first kappa shape index (κ1) is 17.2. The molecule has 0 aliphatic carbocycles. The molecular weight excluding hydrogens is 324 g/mol. The molecule has 0 aromatic carbocycles. The summed E-state index contributed by atoms with van der Waals surface area (Å²) in [7, 11) is 1.57. The molecular formula is C17H22N4O4. The van der Waals surface area contributed by atoms with E-state index in [1.54, 1.807) is 31.5 Å². The number of furan rings is 1. The highest BCUT2D eigenvalue weighted by Crippen LogP contribution is 2.22. The third kappa shape index (κ3) is 4.27. The summed E-state index contributed by atoms with van der Waals surface area (Å²) < 4.78 is 10.2. The number of aliphatic hydroxyl groups is 1. The van der Waals surface area contributed by atoms with Crippen molar-refractivity contribution in [2.24, 2.45) is 5.92 Å². The number of methoxy groups -OCH3 is 1. The van der Waals surface area contributed by atoms with Crippen LogP contribution in [-0.2, 0) is 4.79 Å². The maximum atomic E-state index is 12.3. The Hall–Kier alpha value is -2.61. The SMILES string of the molecule is COc1ccnc(N2CCC(C(=O)NCC(O)c3ccco3)CC2)n1. The number of nitrogens with one attached hydrogen (secondary N) is 1. The highest BCUT2D eigenvalue weighted by atomic mass is 16.5. The molecule has 3 heterocycles. The van der Waals surface area contributed by atoms with Crippen molar-refractivity contribution in [3.8, 4) is 5.88 Å². The van der Waals surface area contributed by atoms with Crippen molar-refractivity contribution < 1.29 is 19.1 Å². The summed E-state index contributed by atoms with van der Waals surface area (Å²) in [6.45, 7) is 1.55. The molecule has 1 aliphatic rings. The first-order chi connectivity index (χ1) is 12.2. The predicted molar refractivity (Wildman–Crippen MR) is 90.2 cm³/mol. The Bertz CT molecular complexity index is 684. The van der Waals surface area contributed by atoms with Crippen LogP contribution >= 0.6 is 0 Å². The number of rotatable bonds is 6. The standard InChI is InChI=1S/C17H22N4O4/c1-24-15-4-7-18-17(20-15)21-8-5-12(6-9-21)16(23)19-11-13(22)14-3-2-10-25-14/h2-4,7,10,12-13,22H,5-6,8-9,11H2,1H3,(H,19,23). The number of hydrogen-bond donors (Lipinski definition) is 2. The molecule has 1 atom stereocenters. The van der Waals surface area contributed by atoms with E-state index in [4.69, 9.17) is 9.15 Å². The van der Waals surface area contributed by atoms with E-state index in [9.17, 15) is 9.90 Å². The van der Waals surface area contributed by atoms with Crippen LogP contribution in [0.3, 0.4) is 0 Å². The van der Waals surface area contributed by atoms with Crippen LogP contribution in [0.2, 0.25) is 0 Å². The van der Waals surface area contributed by atoms with Crippen molar-refractivity contribution in [1.29, 1.82) is 0 Å². The van der Waals surface area contributed by atoms with Crippen LogP contribution in [0.1, 0.15) is 24.7 Å². The Morgan fingerprint density at radius 2 is 2.28 bits per heavy atom. The molecule has 0 radical (unpaired) electrons. The van der Waals surface area contributed by atoms with Crippen molar-refractivity contribution in [2.75, 3.05) is 31.6 Å². The Morgan fingerprint density at radius 3 is 2.96 bits per heavy atom. The molecule has 0 spiro atoms. The average molecular weight is 346 g/mol. The monoisotopic (exact) mass is 346 g/mol. The summed E-state index contributed by atoms with van der Waals surface area (Å²) >= 11 is 0. The third-order valence-corrected chi connectivity index (χ3v) is 4.32. The number of aromatic nitrogens is 2. The van der Waals surface area contributed by atoms with E-state index in [-0.39, 0.29) is 18.4 Å². The highest BCUT2D eigenvalue weighted by Gasteiger charge is 2.26. The van der Waals surface area contributed by atoms with E-state index in [0.717, 1.165) is 0 Å². The molecule has 2 aromatic heterocycles. The van der Waals surface area contributed by atoms with E-state index in [0.29, 0.717) is 43.5 Å². The van der Waals surface area contributed by atoms with Gasteiger partial charge in [0.2, 0.25) is 17.7 Å². The van der Waals surface area contributed by atoms with Crippen LogP contribution < -0.4 is 15.0 Å². The van der Waals surface area contributed by atoms with Gasteiger partial charge in [0.05, 0.1) is 19.9 Å². The van der Waals surface area contributed by atoms with Gasteiger partial charge in [-0.15, -0.1) is 0 Å². The molecule has 8 nitrogen and oxygen atoms in total. The lowest BCUT2D eigenvalue weighted by Gasteiger charge is -2.31. The molecule has 2 aromatic rings. The Balaban J connectivity index is 1.47. The van der Waals surface area contributed by atoms with E-state index in [2.05, 4.69) is 15.3 Å². The lowest BCUT2D eigenvalue weighted by Crippen LogP contribution is -2.42. The number of hydrogen-bond acceptors (Lipinski definition) is 7. The second-order valence-electron chi connectivity index (χ2n) is 5.94. The molecule has 8 heteroatoms. The number of piperidine rings is 1. The van der Waals surface area contributed by atoms with Gasteiger partial charge >= 0.3 is 0 Å². The molecule has 0 saturated carbocycles. The van der Waals surface area contributed by atoms with Crippen molar-refractivity contribution in [3.05, 3.63) is 36.4 Å². The fraction of sp³-hybridized carbons (Fsp3) is 0.471. The zero-order valence-corrected chi connectivity index (χ0v) is 14.1. The van der Waals surface area contributed by atoms with Gasteiger partial charge < -0.3 is 24.5 Å². The largest absolute Gasteiger partial charge is 0.481 e. The summed E-state index contributed by atoms with van der Waals surface area (Å²) in [6, 6.07) is 5.09. The van der Waals surface area contributed by atoms with Crippen molar-refractivity contribution in [2.45, 2.75) is 18.9 Å². The molecule has 2 N–H and O–H groups in total. The third-order valence-electron chi connectivity index (χ3n) is 4.32. The van der Waals surface area contributed by atoms with Gasteiger partial charge in [-0.3, -0.25) is 4.79 Å². The number of carbonyl (C=O) groups is 1. The zero-order chi connectivity index (χ0) is 17.6. The van der Waals surface area contributed by atoms with Crippen LogP contribution in [-0.4, -0.2) is 47.7 Å². The quantitative estimate of drug-likeness (QED) is 0.809. The predicted octanol–water partition coefficient (Wildman–Crippen LogP) is 1.14. The number of carbonyl (C=O) groups excluding carboxylic acids is 1. The minimum atomic E-state index is -0.829. The molecule has 25 heavy (non-hydrogen) atoms. The van der Waals surface area contributed by atoms with Gasteiger partial charge in [-0.05, 0) is 25.0 Å². The van der Waals surface area contributed by atoms with E-state index >= 15 is 0 Å². The van der Waals surface area contributed by atoms with E-state index in [1.165, 1.54) is 6.26 Å². The zero-order valence-electron chi connectivity index (χ0n) is 14.1. The van der Waals surface area contributed by atoms with Crippen LogP contribution in [0.25, 0.3) is 0 Å². The highest BCUT2D eigenvalue weighted by molar-refractivity contribution is 5.79. The van der Waals surface area contributed by atoms with Gasteiger partial charge in [0.1, 0.15) is 11.9 Å². The molecule has 1 fully saturated rings. The number of anilines is 1. The van der Waals surface area contributed by atoms with Gasteiger partial charge in [-0.2, -0.15) is 4.98 Å². The van der Waals surface area contributed by atoms with Crippen molar-refractivity contribution in [3.63, 3.8) is 0 Å². The molecule has 1 aliphatic heterocycles. The Morgan fingerprint density at radius 1 is 1.48 bits per heavy atom. The minimum Gasteiger partial charge on any atom is -0.481 e. The first-order valence-electron chi connectivity index (χ1n) is 8.28. The summed E-state index contributed by atoms with van der Waals surface area (Å²) in [6.07, 6.45) is 3.75. The van der Waals surface area contributed by atoms with Gasteiger partial charge in [-0.1, -0.05) is 0 Å². The van der Waals surface area contributed by atoms with E-state index < -0.39 is 6.10 Å². The molecule has 134 valence electrons. The fourth-order valence-corrected chi connectivity index (χ4v) is 2.86. The van der Waals surface area contributed by atoms with Crippen LogP contribution in [0, 0.1) is 5.92 Å². The summed E-state index contributed by atoms with van der Waals surface area (Å²) in [5.74, 6) is 1.47. The molecule has 0 bridgehead atoms. The maximum Gasteiger partial charge on any atom is 0.228 e. The molecule has 1 unspecified atom stereocenters. The second-order valence-corrected chi connectivity index (χ2v) is 5.94. The number of aliphatic hydroxyl groups excluding tert-OH is 1. The van der Waals surface area contributed by atoms with Gasteiger partial charge in [0.25, 0.3) is 0 Å². The second kappa shape index (κ2) is 7.98. The lowest BCUT2D eigenvalue weighted by atomic mass is 9.96. The van der Waals surface area contributed by atoms with Crippen LogP contribution in [0.4, 0.5) is 5.95 Å². The molecule has 3 rings (SSSR count). The Kier molecular flexibility index (Phi) is 5.49. The lowest BCUT2D eigenvalue weighted by molar-refractivity contribution is -0.126. The first-order valence-corrected chi connectivity index (χ1v) is 8.28. The molecule has 1 saturated heterocycles. The topological polar surface area (TPSA) is 101 Å². The fourth-order valence-electron chi connectivity index (χ4n) is 2.86. The summed E-state index contributed by atoms with van der Waals surface area (Å²) in [5.41, 5.74) is 0. The summed E-state index contributed by atoms with van der Waals surface area (Å²) in [4.78, 5) is 22.9. The minimum absolute atomic E-state index is 0.0446. The normalized spacial score (nSPS) is 16.5. The Labute approximate surface area is 145 Å². The van der Waals surface area contributed by atoms with Gasteiger partial charge in [-0.25, -0.2) is 4.98 Å². The molecule has 1 amide bonds. The smallest absolute Gasteiger partial charge is 0.228 e. The van der Waals surface area contributed by atoms with Gasteiger partial charge in [0, 0.05) is 31.3 Å². The maximum absolute atomic E-state index is 12.3. The number of ether oxygens (including phenoxy) is 1. The van der Waals surface area contributed by atoms with Gasteiger partial charge in [0.15, 0.2) is 0 Å². The van der Waals surface area contributed by atoms with E-state index in [1.807, 2.05) is 4.90 Å².